The van der Waals surface area contributed by atoms with E-state index in [1.54, 1.807) is 0 Å². The fourth-order valence-corrected chi connectivity index (χ4v) is 4.55. The van der Waals surface area contributed by atoms with Crippen molar-refractivity contribution >= 4 is 11.7 Å². The largest absolute Gasteiger partial charge is 0.477 e. The van der Waals surface area contributed by atoms with Crippen LogP contribution in [0.1, 0.15) is 52.4 Å². The molecule has 1 saturated heterocycles. The molecule has 3 aliphatic rings. The lowest BCUT2D eigenvalue weighted by molar-refractivity contribution is -0.130. The Kier molecular flexibility index (Phi) is 3.44. The van der Waals surface area contributed by atoms with Crippen molar-refractivity contribution in [2.75, 3.05) is 13.1 Å². The fourth-order valence-electron chi connectivity index (χ4n) is 4.55. The maximum atomic E-state index is 11.6. The zero-order chi connectivity index (χ0) is 14.3. The highest BCUT2D eigenvalue weighted by Crippen LogP contribution is 2.48. The molecule has 4 nitrogen and oxygen atoms in total. The first-order chi connectivity index (χ1) is 9.57. The number of allylic oxidation sites excluding steroid dienone is 1. The third-order valence-electron chi connectivity index (χ3n) is 5.58. The fraction of sp³-hybridized carbons (Fsp3) is 0.750. The van der Waals surface area contributed by atoms with Crippen LogP contribution in [0, 0.1) is 5.92 Å². The van der Waals surface area contributed by atoms with Gasteiger partial charge in [-0.3, -0.25) is 9.89 Å². The van der Waals surface area contributed by atoms with Crippen LogP contribution in [0.15, 0.2) is 16.3 Å². The van der Waals surface area contributed by atoms with Crippen molar-refractivity contribution in [2.24, 2.45) is 10.9 Å². The molecule has 20 heavy (non-hydrogen) atoms. The van der Waals surface area contributed by atoms with Crippen molar-refractivity contribution in [1.29, 1.82) is 0 Å². The number of fused-ring (bicyclic) bond motifs is 1. The first-order valence-electron chi connectivity index (χ1n) is 7.82. The van der Waals surface area contributed by atoms with Crippen molar-refractivity contribution in [2.45, 2.75) is 57.9 Å². The summed E-state index contributed by atoms with van der Waals surface area (Å²) in [5.74, 6) is -0.747. The number of aliphatic carboxylic acids is 1. The second-order valence-corrected chi connectivity index (χ2v) is 6.43. The van der Waals surface area contributed by atoms with Crippen molar-refractivity contribution < 1.29 is 9.90 Å². The van der Waals surface area contributed by atoms with Gasteiger partial charge in [-0.25, -0.2) is 4.79 Å². The zero-order valence-corrected chi connectivity index (χ0v) is 12.5. The molecule has 110 valence electrons. The van der Waals surface area contributed by atoms with Crippen LogP contribution in [-0.2, 0) is 4.79 Å². The van der Waals surface area contributed by atoms with Gasteiger partial charge in [-0.1, -0.05) is 12.8 Å². The molecule has 0 spiro atoms. The molecule has 0 aromatic heterocycles. The molecule has 0 aromatic rings. The van der Waals surface area contributed by atoms with E-state index in [-0.39, 0.29) is 11.5 Å². The van der Waals surface area contributed by atoms with Crippen LogP contribution < -0.4 is 0 Å². The number of carboxylic acids is 1. The first-order valence-corrected chi connectivity index (χ1v) is 7.82. The summed E-state index contributed by atoms with van der Waals surface area (Å²) in [5.41, 5.74) is 2.58. The number of rotatable bonds is 2. The lowest BCUT2D eigenvalue weighted by atomic mass is 9.64. The summed E-state index contributed by atoms with van der Waals surface area (Å²) in [6.07, 6.45) is 6.85. The van der Waals surface area contributed by atoms with E-state index in [2.05, 4.69) is 16.8 Å². The third-order valence-corrected chi connectivity index (χ3v) is 5.58. The van der Waals surface area contributed by atoms with Gasteiger partial charge in [-0.2, -0.15) is 0 Å². The Hall–Kier alpha value is -1.16. The van der Waals surface area contributed by atoms with E-state index in [0.29, 0.717) is 5.71 Å². The normalized spacial score (nSPS) is 34.9. The SMILES string of the molecule is CC1=C(C)C2(N3CCCC3)CCCCC2C(C(=O)O)=N1. The number of likely N-dealkylation sites (tertiary alicyclic amines) is 1. The average molecular weight is 276 g/mol. The number of hydrogen-bond donors (Lipinski definition) is 1. The first kappa shape index (κ1) is 13.8. The van der Waals surface area contributed by atoms with E-state index in [9.17, 15) is 9.90 Å². The molecule has 0 aromatic carbocycles. The third kappa shape index (κ3) is 1.85. The predicted octanol–water partition coefficient (Wildman–Crippen LogP) is 2.84. The van der Waals surface area contributed by atoms with Gasteiger partial charge in [0.2, 0.25) is 0 Å². The summed E-state index contributed by atoms with van der Waals surface area (Å²) in [6.45, 7) is 6.36. The molecule has 1 saturated carbocycles. The average Bonchev–Trinajstić information content (AvgIpc) is 2.97. The maximum absolute atomic E-state index is 11.6. The minimum atomic E-state index is -0.827. The van der Waals surface area contributed by atoms with Gasteiger partial charge in [0.25, 0.3) is 0 Å². The number of carbonyl (C=O) groups is 1. The van der Waals surface area contributed by atoms with Crippen LogP contribution in [0.3, 0.4) is 0 Å². The Morgan fingerprint density at radius 3 is 2.60 bits per heavy atom. The summed E-state index contributed by atoms with van der Waals surface area (Å²) in [7, 11) is 0. The molecule has 2 atom stereocenters. The summed E-state index contributed by atoms with van der Waals surface area (Å²) in [6, 6.07) is 0. The number of aliphatic imine (C=N–C) groups is 1. The van der Waals surface area contributed by atoms with Crippen molar-refractivity contribution in [3.05, 3.63) is 11.3 Å². The molecule has 2 heterocycles. The highest BCUT2D eigenvalue weighted by molar-refractivity contribution is 6.37. The Labute approximate surface area is 120 Å². The minimum absolute atomic E-state index is 0.0612. The number of hydrogen-bond acceptors (Lipinski definition) is 3. The molecular formula is C16H24N2O2. The molecule has 4 heteroatoms. The maximum Gasteiger partial charge on any atom is 0.350 e. The Balaban J connectivity index is 2.11. The molecule has 2 unspecified atom stereocenters. The van der Waals surface area contributed by atoms with E-state index < -0.39 is 5.97 Å². The topological polar surface area (TPSA) is 52.9 Å². The van der Waals surface area contributed by atoms with Crippen LogP contribution in [0.4, 0.5) is 0 Å². The molecule has 0 amide bonds. The van der Waals surface area contributed by atoms with E-state index in [0.717, 1.165) is 38.0 Å². The molecule has 2 fully saturated rings. The second kappa shape index (κ2) is 4.99. The smallest absolute Gasteiger partial charge is 0.350 e. The van der Waals surface area contributed by atoms with Gasteiger partial charge in [-0.15, -0.1) is 0 Å². The lowest BCUT2D eigenvalue weighted by Crippen LogP contribution is -2.60. The Morgan fingerprint density at radius 1 is 1.25 bits per heavy atom. The summed E-state index contributed by atoms with van der Waals surface area (Å²) >= 11 is 0. The van der Waals surface area contributed by atoms with Crippen LogP contribution in [0.25, 0.3) is 0 Å². The highest BCUT2D eigenvalue weighted by Gasteiger charge is 2.52. The van der Waals surface area contributed by atoms with Gasteiger partial charge in [0.15, 0.2) is 0 Å². The van der Waals surface area contributed by atoms with E-state index in [1.807, 2.05) is 6.92 Å². The number of carboxylic acid groups (broad SMARTS) is 1. The lowest BCUT2D eigenvalue weighted by Gasteiger charge is -2.52. The van der Waals surface area contributed by atoms with E-state index >= 15 is 0 Å². The Morgan fingerprint density at radius 2 is 1.95 bits per heavy atom. The standard InChI is InChI=1S/C16H24N2O2/c1-11-12(2)17-14(15(19)20)13-7-3-4-8-16(11,13)18-9-5-6-10-18/h13H,3-10H2,1-2H3,(H,19,20). The van der Waals surface area contributed by atoms with E-state index in [4.69, 9.17) is 0 Å². The quantitative estimate of drug-likeness (QED) is 0.843. The van der Waals surface area contributed by atoms with Gasteiger partial charge in [0, 0.05) is 11.6 Å². The van der Waals surface area contributed by atoms with Crippen LogP contribution in [-0.4, -0.2) is 40.3 Å². The van der Waals surface area contributed by atoms with Gasteiger partial charge in [0.05, 0.1) is 5.54 Å². The van der Waals surface area contributed by atoms with E-state index in [1.165, 1.54) is 24.8 Å². The molecule has 0 bridgehead atoms. The van der Waals surface area contributed by atoms with Crippen molar-refractivity contribution in [3.8, 4) is 0 Å². The molecule has 2 aliphatic heterocycles. The van der Waals surface area contributed by atoms with Gasteiger partial charge >= 0.3 is 5.97 Å². The van der Waals surface area contributed by atoms with Gasteiger partial charge in [-0.05, 0) is 58.2 Å². The Bertz CT molecular complexity index is 489. The molecule has 0 radical (unpaired) electrons. The van der Waals surface area contributed by atoms with Gasteiger partial charge < -0.3 is 5.11 Å². The van der Waals surface area contributed by atoms with Gasteiger partial charge in [0.1, 0.15) is 5.71 Å². The van der Waals surface area contributed by atoms with Crippen LogP contribution in [0.2, 0.25) is 0 Å². The summed E-state index contributed by atoms with van der Waals surface area (Å²) in [4.78, 5) is 18.6. The zero-order valence-electron chi connectivity index (χ0n) is 12.5. The molecular weight excluding hydrogens is 252 g/mol. The molecule has 3 rings (SSSR count). The minimum Gasteiger partial charge on any atom is -0.477 e. The number of nitrogens with zero attached hydrogens (tertiary/aromatic N) is 2. The van der Waals surface area contributed by atoms with Crippen molar-refractivity contribution in [3.63, 3.8) is 0 Å². The predicted molar refractivity (Wildman–Crippen MR) is 78.9 cm³/mol. The summed E-state index contributed by atoms with van der Waals surface area (Å²) < 4.78 is 0. The highest BCUT2D eigenvalue weighted by atomic mass is 16.4. The molecule has 1 N–H and O–H groups in total. The second-order valence-electron chi connectivity index (χ2n) is 6.43. The summed E-state index contributed by atoms with van der Waals surface area (Å²) in [5, 5.41) is 9.57. The monoisotopic (exact) mass is 276 g/mol. The van der Waals surface area contributed by atoms with Crippen LogP contribution >= 0.6 is 0 Å². The van der Waals surface area contributed by atoms with Crippen molar-refractivity contribution in [1.82, 2.24) is 4.90 Å². The molecule has 1 aliphatic carbocycles. The van der Waals surface area contributed by atoms with Crippen LogP contribution in [0.5, 0.6) is 0 Å².